The van der Waals surface area contributed by atoms with Crippen molar-refractivity contribution in [1.82, 2.24) is 20.3 Å². The van der Waals surface area contributed by atoms with Crippen LogP contribution in [0.1, 0.15) is 24.4 Å². The van der Waals surface area contributed by atoms with Crippen molar-refractivity contribution in [1.29, 1.82) is 0 Å². The van der Waals surface area contributed by atoms with E-state index in [-0.39, 0.29) is 23.7 Å². The minimum Gasteiger partial charge on any atom is -0.459 e. The van der Waals surface area contributed by atoms with Gasteiger partial charge >= 0.3 is 6.03 Å². The van der Waals surface area contributed by atoms with Gasteiger partial charge in [-0.1, -0.05) is 11.6 Å². The number of benzene rings is 1. The van der Waals surface area contributed by atoms with Crippen LogP contribution in [-0.2, 0) is 0 Å². The third kappa shape index (κ3) is 4.67. The first kappa shape index (κ1) is 20.4. The van der Waals surface area contributed by atoms with Gasteiger partial charge in [0.05, 0.1) is 28.7 Å². The molecule has 3 aromatic heterocycles. The first-order valence-corrected chi connectivity index (χ1v) is 9.85. The Kier molecular flexibility index (Phi) is 5.59. The molecular weight excluding hydrogens is 420 g/mol. The smallest absolute Gasteiger partial charge is 0.319 e. The van der Waals surface area contributed by atoms with Gasteiger partial charge in [-0.2, -0.15) is 0 Å². The zero-order valence-electron chi connectivity index (χ0n) is 16.7. The number of amides is 3. The molecule has 0 spiro atoms. The summed E-state index contributed by atoms with van der Waals surface area (Å²) < 4.78 is 5.11. The van der Waals surface area contributed by atoms with Crippen molar-refractivity contribution in [2.24, 2.45) is 0 Å². The Morgan fingerprint density at radius 3 is 2.71 bits per heavy atom. The summed E-state index contributed by atoms with van der Waals surface area (Å²) in [6.45, 7) is 3.74. The molecule has 10 heteroatoms. The first-order chi connectivity index (χ1) is 14.9. The van der Waals surface area contributed by atoms with E-state index in [1.54, 1.807) is 36.4 Å². The van der Waals surface area contributed by atoms with Crippen molar-refractivity contribution in [2.45, 2.75) is 19.9 Å². The van der Waals surface area contributed by atoms with Gasteiger partial charge in [-0.15, -0.1) is 0 Å². The Labute approximate surface area is 182 Å². The maximum atomic E-state index is 12.2. The van der Waals surface area contributed by atoms with E-state index in [0.717, 1.165) is 0 Å². The number of anilines is 2. The predicted octanol–water partition coefficient (Wildman–Crippen LogP) is 4.65. The quantitative estimate of drug-likeness (QED) is 0.361. The predicted molar refractivity (Wildman–Crippen MR) is 118 cm³/mol. The number of aromatic amines is 1. The van der Waals surface area contributed by atoms with E-state index >= 15 is 0 Å². The molecule has 1 aromatic carbocycles. The number of furan rings is 1. The summed E-state index contributed by atoms with van der Waals surface area (Å²) in [4.78, 5) is 36.0. The van der Waals surface area contributed by atoms with Crippen molar-refractivity contribution >= 4 is 46.1 Å². The monoisotopic (exact) mass is 438 g/mol. The number of carbonyl (C=O) groups is 2. The summed E-state index contributed by atoms with van der Waals surface area (Å²) in [5.41, 5.74) is 2.72. The Hall–Kier alpha value is -3.85. The molecule has 4 rings (SSSR count). The van der Waals surface area contributed by atoms with Crippen molar-refractivity contribution in [3.05, 3.63) is 59.6 Å². The van der Waals surface area contributed by atoms with Gasteiger partial charge in [-0.05, 0) is 50.2 Å². The number of H-pyrrole nitrogens is 1. The Morgan fingerprint density at radius 2 is 1.97 bits per heavy atom. The second-order valence-electron chi connectivity index (χ2n) is 7.06. The SMILES string of the molecule is CC(C)NC(=O)Nc1cnc2nc(-c3cc(NC(=O)c4ccco4)ccc3Cl)[nH]c2c1. The van der Waals surface area contributed by atoms with Crippen molar-refractivity contribution < 1.29 is 14.0 Å². The lowest BCUT2D eigenvalue weighted by molar-refractivity contribution is 0.0996. The number of imidazole rings is 1. The lowest BCUT2D eigenvalue weighted by atomic mass is 10.2. The largest absolute Gasteiger partial charge is 0.459 e. The lowest BCUT2D eigenvalue weighted by Crippen LogP contribution is -2.34. The molecule has 9 nitrogen and oxygen atoms in total. The number of hydrogen-bond acceptors (Lipinski definition) is 5. The first-order valence-electron chi connectivity index (χ1n) is 9.47. The number of rotatable bonds is 5. The molecule has 3 amide bonds. The van der Waals surface area contributed by atoms with E-state index in [1.807, 2.05) is 13.8 Å². The van der Waals surface area contributed by atoms with Gasteiger partial charge in [0.2, 0.25) is 0 Å². The highest BCUT2D eigenvalue weighted by molar-refractivity contribution is 6.33. The lowest BCUT2D eigenvalue weighted by Gasteiger charge is -2.09. The number of hydrogen-bond donors (Lipinski definition) is 4. The van der Waals surface area contributed by atoms with E-state index in [0.29, 0.717) is 38.9 Å². The number of aromatic nitrogens is 3. The summed E-state index contributed by atoms with van der Waals surface area (Å²) in [7, 11) is 0. The van der Waals surface area contributed by atoms with E-state index in [1.165, 1.54) is 12.5 Å². The van der Waals surface area contributed by atoms with Crippen LogP contribution in [0.25, 0.3) is 22.6 Å². The second kappa shape index (κ2) is 8.49. The fourth-order valence-electron chi connectivity index (χ4n) is 2.91. The molecule has 158 valence electrons. The average Bonchev–Trinajstić information content (AvgIpc) is 3.38. The fourth-order valence-corrected chi connectivity index (χ4v) is 3.12. The van der Waals surface area contributed by atoms with Gasteiger partial charge in [-0.3, -0.25) is 4.79 Å². The summed E-state index contributed by atoms with van der Waals surface area (Å²) in [5, 5.41) is 8.68. The molecule has 0 unspecified atom stereocenters. The van der Waals surface area contributed by atoms with Gasteiger partial charge in [0.25, 0.3) is 5.91 Å². The van der Waals surface area contributed by atoms with Gasteiger partial charge in [0.1, 0.15) is 5.82 Å². The number of carbonyl (C=O) groups excluding carboxylic acids is 2. The van der Waals surface area contributed by atoms with Gasteiger partial charge in [0, 0.05) is 17.3 Å². The minimum absolute atomic E-state index is 0.0122. The Bertz CT molecular complexity index is 1250. The fraction of sp³-hybridized carbons (Fsp3) is 0.143. The molecule has 0 bridgehead atoms. The Morgan fingerprint density at radius 1 is 1.13 bits per heavy atom. The highest BCUT2D eigenvalue weighted by atomic mass is 35.5. The van der Waals surface area contributed by atoms with Crippen LogP contribution < -0.4 is 16.0 Å². The molecule has 0 aliphatic rings. The number of nitrogens with zero attached hydrogens (tertiary/aromatic N) is 2. The molecule has 3 heterocycles. The molecule has 0 fully saturated rings. The van der Waals surface area contributed by atoms with Crippen LogP contribution >= 0.6 is 11.6 Å². The third-order valence-corrected chi connectivity index (χ3v) is 4.57. The third-order valence-electron chi connectivity index (χ3n) is 4.24. The molecule has 0 saturated carbocycles. The van der Waals surface area contributed by atoms with Gasteiger partial charge < -0.3 is 25.4 Å². The second-order valence-corrected chi connectivity index (χ2v) is 7.47. The maximum Gasteiger partial charge on any atom is 0.319 e. The van der Waals surface area contributed by atoms with Crippen molar-refractivity contribution in [3.63, 3.8) is 0 Å². The summed E-state index contributed by atoms with van der Waals surface area (Å²) in [5.74, 6) is 0.302. The average molecular weight is 439 g/mol. The number of nitrogens with one attached hydrogen (secondary N) is 4. The number of urea groups is 1. The summed E-state index contributed by atoms with van der Waals surface area (Å²) in [6.07, 6.45) is 2.95. The molecule has 0 aliphatic carbocycles. The molecule has 4 aromatic rings. The molecule has 4 N–H and O–H groups in total. The van der Waals surface area contributed by atoms with Crippen LogP contribution in [-0.4, -0.2) is 32.9 Å². The van der Waals surface area contributed by atoms with E-state index < -0.39 is 0 Å². The van der Waals surface area contributed by atoms with Gasteiger partial charge in [-0.25, -0.2) is 14.8 Å². The van der Waals surface area contributed by atoms with Crippen LogP contribution in [0.2, 0.25) is 5.02 Å². The van der Waals surface area contributed by atoms with Crippen molar-refractivity contribution in [2.75, 3.05) is 10.6 Å². The van der Waals surface area contributed by atoms with Crippen LogP contribution in [0, 0.1) is 0 Å². The number of pyridine rings is 1. The van der Waals surface area contributed by atoms with Crippen LogP contribution in [0.15, 0.2) is 53.3 Å². The topological polar surface area (TPSA) is 125 Å². The van der Waals surface area contributed by atoms with Crippen LogP contribution in [0.3, 0.4) is 0 Å². The number of fused-ring (bicyclic) bond motifs is 1. The zero-order valence-corrected chi connectivity index (χ0v) is 17.4. The normalized spacial score (nSPS) is 11.0. The highest BCUT2D eigenvalue weighted by Gasteiger charge is 2.14. The molecular formula is C21H19ClN6O3. The molecule has 0 atom stereocenters. The van der Waals surface area contributed by atoms with E-state index in [2.05, 4.69) is 30.9 Å². The van der Waals surface area contributed by atoms with Crippen LogP contribution in [0.4, 0.5) is 16.2 Å². The maximum absolute atomic E-state index is 12.2. The van der Waals surface area contributed by atoms with Crippen molar-refractivity contribution in [3.8, 4) is 11.4 Å². The highest BCUT2D eigenvalue weighted by Crippen LogP contribution is 2.30. The molecule has 0 radical (unpaired) electrons. The number of halogens is 1. The van der Waals surface area contributed by atoms with E-state index in [4.69, 9.17) is 16.0 Å². The zero-order chi connectivity index (χ0) is 22.0. The minimum atomic E-state index is -0.375. The summed E-state index contributed by atoms with van der Waals surface area (Å²) in [6, 6.07) is 9.69. The summed E-state index contributed by atoms with van der Waals surface area (Å²) >= 11 is 6.37. The molecule has 0 saturated heterocycles. The van der Waals surface area contributed by atoms with Crippen LogP contribution in [0.5, 0.6) is 0 Å². The Balaban J connectivity index is 1.59. The standard InChI is InChI=1S/C21H19ClN6O3/c1-11(2)24-21(30)26-13-9-16-19(23-10-13)28-18(27-16)14-8-12(5-6-15(14)22)25-20(29)17-4-3-7-31-17/h3-11H,1-2H3,(H,25,29)(H,23,27,28)(H2,24,26,30). The van der Waals surface area contributed by atoms with E-state index in [9.17, 15) is 9.59 Å². The molecule has 0 aliphatic heterocycles. The van der Waals surface area contributed by atoms with Gasteiger partial charge in [0.15, 0.2) is 11.4 Å². The molecule has 31 heavy (non-hydrogen) atoms.